The van der Waals surface area contributed by atoms with Crippen LogP contribution in [-0.2, 0) is 5.72 Å². The lowest BCUT2D eigenvalue weighted by Crippen LogP contribution is -2.43. The van der Waals surface area contributed by atoms with Gasteiger partial charge in [0.15, 0.2) is 5.72 Å². The smallest absolute Gasteiger partial charge is 0.183 e. The quantitative estimate of drug-likeness (QED) is 0.869. The number of nitrogens with zero attached hydrogens (tertiary/aromatic N) is 1. The average molecular weight is 260 g/mol. The fraction of sp³-hybridized carbons (Fsp3) is 0.467. The van der Waals surface area contributed by atoms with Gasteiger partial charge in [0.25, 0.3) is 0 Å². The fourth-order valence-corrected chi connectivity index (χ4v) is 2.82. The van der Waals surface area contributed by atoms with Gasteiger partial charge in [-0.3, -0.25) is 0 Å². The van der Waals surface area contributed by atoms with Crippen molar-refractivity contribution in [3.8, 4) is 5.75 Å². The number of nitrogens with one attached hydrogen (secondary N) is 1. The van der Waals surface area contributed by atoms with Crippen molar-refractivity contribution in [3.63, 3.8) is 0 Å². The Morgan fingerprint density at radius 3 is 2.89 bits per heavy atom. The highest BCUT2D eigenvalue weighted by atomic mass is 16.5. The largest absolute Gasteiger partial charge is 0.494 e. The molecule has 1 unspecified atom stereocenters. The van der Waals surface area contributed by atoms with Crippen molar-refractivity contribution in [3.05, 3.63) is 41.7 Å². The maximum Gasteiger partial charge on any atom is 0.183 e. The van der Waals surface area contributed by atoms with Crippen LogP contribution in [0.5, 0.6) is 5.75 Å². The summed E-state index contributed by atoms with van der Waals surface area (Å²) < 4.78 is 5.44. The zero-order chi connectivity index (χ0) is 13.3. The monoisotopic (exact) mass is 260 g/mol. The third-order valence-corrected chi connectivity index (χ3v) is 3.80. The van der Waals surface area contributed by atoms with E-state index in [-0.39, 0.29) is 0 Å². The van der Waals surface area contributed by atoms with Crippen LogP contribution in [0.15, 0.2) is 36.2 Å². The van der Waals surface area contributed by atoms with E-state index in [1.807, 2.05) is 31.2 Å². The average Bonchev–Trinajstić information content (AvgIpc) is 2.80. The van der Waals surface area contributed by atoms with Crippen LogP contribution in [-0.4, -0.2) is 29.7 Å². The van der Waals surface area contributed by atoms with Crippen molar-refractivity contribution in [2.45, 2.75) is 25.5 Å². The number of allylic oxidation sites excluding steroid dienone is 1. The predicted molar refractivity (Wildman–Crippen MR) is 73.5 cm³/mol. The first-order chi connectivity index (χ1) is 9.24. The molecule has 1 aromatic rings. The van der Waals surface area contributed by atoms with Gasteiger partial charge in [-0.25, -0.2) is 0 Å². The van der Waals surface area contributed by atoms with E-state index in [0.717, 1.165) is 36.5 Å². The number of ether oxygens (including phenoxy) is 1. The highest BCUT2D eigenvalue weighted by molar-refractivity contribution is 5.33. The van der Waals surface area contributed by atoms with Crippen LogP contribution in [0.4, 0.5) is 0 Å². The van der Waals surface area contributed by atoms with Crippen LogP contribution < -0.4 is 10.1 Å². The molecule has 3 rings (SSSR count). The van der Waals surface area contributed by atoms with Crippen LogP contribution >= 0.6 is 0 Å². The summed E-state index contributed by atoms with van der Waals surface area (Å²) >= 11 is 0. The highest BCUT2D eigenvalue weighted by Crippen LogP contribution is 2.35. The van der Waals surface area contributed by atoms with E-state index in [4.69, 9.17) is 4.74 Å². The third kappa shape index (κ3) is 2.06. The van der Waals surface area contributed by atoms with E-state index in [2.05, 4.69) is 16.3 Å². The zero-order valence-corrected chi connectivity index (χ0v) is 11.2. The molecule has 2 aliphatic heterocycles. The minimum Gasteiger partial charge on any atom is -0.494 e. The predicted octanol–water partition coefficient (Wildman–Crippen LogP) is 1.77. The maximum absolute atomic E-state index is 11.0. The van der Waals surface area contributed by atoms with Crippen LogP contribution in [0.3, 0.4) is 0 Å². The van der Waals surface area contributed by atoms with E-state index in [1.165, 1.54) is 0 Å². The summed E-state index contributed by atoms with van der Waals surface area (Å²) in [4.78, 5) is 2.06. The van der Waals surface area contributed by atoms with E-state index in [9.17, 15) is 5.11 Å². The summed E-state index contributed by atoms with van der Waals surface area (Å²) in [5.74, 6) is 1.90. The molecule has 0 aromatic heterocycles. The molecule has 1 aromatic carbocycles. The molecule has 102 valence electrons. The van der Waals surface area contributed by atoms with Crippen molar-refractivity contribution in [1.29, 1.82) is 0 Å². The van der Waals surface area contributed by atoms with Gasteiger partial charge in [0.05, 0.1) is 19.0 Å². The zero-order valence-electron chi connectivity index (χ0n) is 11.2. The maximum atomic E-state index is 11.0. The number of fused-ring (bicyclic) bond motifs is 1. The minimum atomic E-state index is -0.934. The molecule has 2 N–H and O–H groups in total. The SMILES string of the molecule is CCOc1ccc(C2(O)CNC3=CCCCN32)cc1. The third-order valence-electron chi connectivity index (χ3n) is 3.80. The van der Waals surface area contributed by atoms with Crippen LogP contribution in [0.25, 0.3) is 0 Å². The molecule has 0 radical (unpaired) electrons. The lowest BCUT2D eigenvalue weighted by atomic mass is 10.0. The molecule has 0 bridgehead atoms. The Morgan fingerprint density at radius 2 is 2.16 bits per heavy atom. The van der Waals surface area contributed by atoms with Gasteiger partial charge in [-0.05, 0) is 38.0 Å². The molecule has 0 spiro atoms. The van der Waals surface area contributed by atoms with Gasteiger partial charge in [0, 0.05) is 12.1 Å². The summed E-state index contributed by atoms with van der Waals surface area (Å²) in [6.45, 7) is 4.05. The number of aliphatic hydroxyl groups is 1. The van der Waals surface area contributed by atoms with E-state index in [1.54, 1.807) is 0 Å². The van der Waals surface area contributed by atoms with E-state index < -0.39 is 5.72 Å². The first kappa shape index (κ1) is 12.4. The Hall–Kier alpha value is -1.68. The molecule has 2 aliphatic rings. The molecule has 4 heteroatoms. The van der Waals surface area contributed by atoms with Gasteiger partial charge in [0.2, 0.25) is 0 Å². The fourth-order valence-electron chi connectivity index (χ4n) is 2.82. The molecular weight excluding hydrogens is 240 g/mol. The first-order valence-corrected chi connectivity index (χ1v) is 6.91. The summed E-state index contributed by atoms with van der Waals surface area (Å²) in [6.07, 6.45) is 4.33. The Balaban J connectivity index is 1.88. The first-order valence-electron chi connectivity index (χ1n) is 6.91. The van der Waals surface area contributed by atoms with Gasteiger partial charge in [0.1, 0.15) is 5.75 Å². The molecule has 4 nitrogen and oxygen atoms in total. The standard InChI is InChI=1S/C15H20N2O2/c1-2-19-13-8-6-12(7-9-13)15(18)11-16-14-5-3-4-10-17(14)15/h5-9,16,18H,2-4,10-11H2,1H3. The summed E-state index contributed by atoms with van der Waals surface area (Å²) in [5, 5.41) is 14.3. The Bertz CT molecular complexity index is 483. The molecule has 0 aliphatic carbocycles. The van der Waals surface area contributed by atoms with Crippen molar-refractivity contribution >= 4 is 0 Å². The Kier molecular flexibility index (Phi) is 3.11. The highest BCUT2D eigenvalue weighted by Gasteiger charge is 2.43. The molecule has 19 heavy (non-hydrogen) atoms. The van der Waals surface area contributed by atoms with Crippen LogP contribution in [0, 0.1) is 0 Å². The van der Waals surface area contributed by atoms with E-state index >= 15 is 0 Å². The molecule has 2 heterocycles. The van der Waals surface area contributed by atoms with Crippen molar-refractivity contribution in [1.82, 2.24) is 10.2 Å². The summed E-state index contributed by atoms with van der Waals surface area (Å²) in [6, 6.07) is 7.74. The molecule has 0 saturated carbocycles. The lowest BCUT2D eigenvalue weighted by Gasteiger charge is -2.36. The number of rotatable bonds is 3. The number of β-amino-alcohol motifs (C(OH)–C–C–N with tert-alkyl or cyclic N) is 1. The molecular formula is C15H20N2O2. The summed E-state index contributed by atoms with van der Waals surface area (Å²) in [7, 11) is 0. The second kappa shape index (κ2) is 4.78. The molecule has 1 saturated heterocycles. The second-order valence-electron chi connectivity index (χ2n) is 5.01. The normalized spacial score (nSPS) is 25.6. The second-order valence-corrected chi connectivity index (χ2v) is 5.01. The van der Waals surface area contributed by atoms with Gasteiger partial charge in [-0.2, -0.15) is 0 Å². The molecule has 1 atom stereocenters. The van der Waals surface area contributed by atoms with Crippen LogP contribution in [0.1, 0.15) is 25.3 Å². The van der Waals surface area contributed by atoms with Gasteiger partial charge >= 0.3 is 0 Å². The van der Waals surface area contributed by atoms with Gasteiger partial charge in [-0.1, -0.05) is 12.1 Å². The van der Waals surface area contributed by atoms with Crippen molar-refractivity contribution in [2.75, 3.05) is 19.7 Å². The van der Waals surface area contributed by atoms with Crippen molar-refractivity contribution < 1.29 is 9.84 Å². The topological polar surface area (TPSA) is 44.7 Å². The minimum absolute atomic E-state index is 0.535. The number of benzene rings is 1. The lowest BCUT2D eigenvalue weighted by molar-refractivity contribution is -0.0677. The van der Waals surface area contributed by atoms with Gasteiger partial charge < -0.3 is 20.1 Å². The number of hydrogen-bond donors (Lipinski definition) is 2. The number of hydrogen-bond acceptors (Lipinski definition) is 4. The van der Waals surface area contributed by atoms with E-state index in [0.29, 0.717) is 13.2 Å². The Morgan fingerprint density at radius 1 is 1.37 bits per heavy atom. The summed E-state index contributed by atoms with van der Waals surface area (Å²) in [5.41, 5.74) is -0.0227. The van der Waals surface area contributed by atoms with Crippen molar-refractivity contribution in [2.24, 2.45) is 0 Å². The molecule has 0 amide bonds. The van der Waals surface area contributed by atoms with Gasteiger partial charge in [-0.15, -0.1) is 0 Å². The van der Waals surface area contributed by atoms with Crippen LogP contribution in [0.2, 0.25) is 0 Å². The molecule has 1 fully saturated rings. The Labute approximate surface area is 113 Å².